The standard InChI is InChI=1S/C29H24N2O3/c1-16-7-3-4-8-20(16)18-11-13-19(14-12-18)27-26-22(21-9-5-6-10-23(21)30-26)15-24-28(33)25(17(2)32)29(34)31(24)27/h3-14,24,27,30,32H,15H2,1-2H3/b25-17-/t24-,27+/m0/s1. The summed E-state index contributed by atoms with van der Waals surface area (Å²) in [4.78, 5) is 31.8. The van der Waals surface area contributed by atoms with Crippen LogP contribution in [0.1, 0.15) is 35.3 Å². The van der Waals surface area contributed by atoms with Gasteiger partial charge in [0.25, 0.3) is 5.91 Å². The molecule has 1 aromatic heterocycles. The Labute approximate surface area is 197 Å². The molecule has 3 heterocycles. The van der Waals surface area contributed by atoms with E-state index in [1.54, 1.807) is 4.90 Å². The number of rotatable bonds is 2. The molecule has 2 N–H and O–H groups in total. The first-order valence-electron chi connectivity index (χ1n) is 11.5. The van der Waals surface area contributed by atoms with Crippen molar-refractivity contribution < 1.29 is 14.7 Å². The van der Waals surface area contributed by atoms with Gasteiger partial charge < -0.3 is 15.0 Å². The van der Waals surface area contributed by atoms with Crippen LogP contribution in [0.4, 0.5) is 0 Å². The number of amides is 1. The second-order valence-corrected chi connectivity index (χ2v) is 9.16. The van der Waals surface area contributed by atoms with Crippen molar-refractivity contribution in [3.63, 3.8) is 0 Å². The zero-order chi connectivity index (χ0) is 23.6. The molecule has 6 rings (SSSR count). The molecule has 0 saturated carbocycles. The van der Waals surface area contributed by atoms with Crippen molar-refractivity contribution in [3.8, 4) is 11.1 Å². The fraction of sp³-hybridized carbons (Fsp3) is 0.172. The Morgan fingerprint density at radius 1 is 0.971 bits per heavy atom. The van der Waals surface area contributed by atoms with Crippen LogP contribution in [-0.2, 0) is 16.0 Å². The monoisotopic (exact) mass is 448 g/mol. The van der Waals surface area contributed by atoms with Crippen molar-refractivity contribution in [1.82, 2.24) is 9.88 Å². The SMILES string of the molecule is C/C(O)=C1\C(=O)[C@@H]2Cc3c([nH]c4ccccc34)[C@@H](c3ccc(-c4ccccc4C)cc3)N2C1=O. The van der Waals surface area contributed by atoms with Gasteiger partial charge in [-0.25, -0.2) is 0 Å². The summed E-state index contributed by atoms with van der Waals surface area (Å²) < 4.78 is 0. The summed E-state index contributed by atoms with van der Waals surface area (Å²) in [6.45, 7) is 3.50. The second-order valence-electron chi connectivity index (χ2n) is 9.16. The number of Topliss-reactive ketones (excluding diaryl/α,β-unsaturated/α-hetero) is 1. The van der Waals surface area contributed by atoms with E-state index in [2.05, 4.69) is 36.2 Å². The highest BCUT2D eigenvalue weighted by molar-refractivity contribution is 6.27. The number of allylic oxidation sites excluding steroid dienone is 1. The molecule has 2 aliphatic heterocycles. The van der Waals surface area contributed by atoms with E-state index in [0.29, 0.717) is 6.42 Å². The average Bonchev–Trinajstić information content (AvgIpc) is 3.33. The van der Waals surface area contributed by atoms with Crippen LogP contribution in [-0.4, -0.2) is 32.7 Å². The first-order valence-corrected chi connectivity index (χ1v) is 11.5. The maximum atomic E-state index is 13.4. The number of benzene rings is 3. The molecule has 3 aromatic carbocycles. The molecule has 1 saturated heterocycles. The Kier molecular flexibility index (Phi) is 4.49. The van der Waals surface area contributed by atoms with Crippen molar-refractivity contribution >= 4 is 22.6 Å². The van der Waals surface area contributed by atoms with Crippen LogP contribution >= 0.6 is 0 Å². The number of hydrogen-bond donors (Lipinski definition) is 2. The zero-order valence-corrected chi connectivity index (χ0v) is 19.0. The van der Waals surface area contributed by atoms with Crippen molar-refractivity contribution in [2.75, 3.05) is 0 Å². The summed E-state index contributed by atoms with van der Waals surface area (Å²) in [5.41, 5.74) is 7.26. The molecule has 0 unspecified atom stereocenters. The number of aliphatic hydroxyl groups is 1. The number of aryl methyl sites for hydroxylation is 1. The Morgan fingerprint density at radius 3 is 2.41 bits per heavy atom. The molecule has 34 heavy (non-hydrogen) atoms. The summed E-state index contributed by atoms with van der Waals surface area (Å²) in [6.07, 6.45) is 0.429. The fourth-order valence-electron chi connectivity index (χ4n) is 5.57. The zero-order valence-electron chi connectivity index (χ0n) is 19.0. The summed E-state index contributed by atoms with van der Waals surface area (Å²) in [5, 5.41) is 11.2. The number of fused-ring (bicyclic) bond motifs is 4. The summed E-state index contributed by atoms with van der Waals surface area (Å²) in [6, 6.07) is 23.4. The van der Waals surface area contributed by atoms with Gasteiger partial charge in [-0.15, -0.1) is 0 Å². The average molecular weight is 449 g/mol. The molecule has 168 valence electrons. The van der Waals surface area contributed by atoms with Crippen LogP contribution in [0.3, 0.4) is 0 Å². The molecule has 1 fully saturated rings. The van der Waals surface area contributed by atoms with Gasteiger partial charge in [0.15, 0.2) is 5.78 Å². The largest absolute Gasteiger partial charge is 0.512 e. The summed E-state index contributed by atoms with van der Waals surface area (Å²) >= 11 is 0. The minimum Gasteiger partial charge on any atom is -0.512 e. The molecular formula is C29H24N2O3. The third-order valence-electron chi connectivity index (χ3n) is 7.17. The molecule has 0 aliphatic carbocycles. The predicted octanol–water partition coefficient (Wildman–Crippen LogP) is 5.40. The van der Waals surface area contributed by atoms with E-state index in [1.807, 2.05) is 48.5 Å². The van der Waals surface area contributed by atoms with E-state index in [4.69, 9.17) is 0 Å². The molecule has 2 aliphatic rings. The van der Waals surface area contributed by atoms with Gasteiger partial charge in [-0.3, -0.25) is 9.59 Å². The Morgan fingerprint density at radius 2 is 1.68 bits per heavy atom. The van der Waals surface area contributed by atoms with Crippen molar-refractivity contribution in [2.45, 2.75) is 32.4 Å². The molecule has 0 radical (unpaired) electrons. The Balaban J connectivity index is 1.53. The normalized spacial score (nSPS) is 21.1. The number of para-hydroxylation sites is 1. The summed E-state index contributed by atoms with van der Waals surface area (Å²) in [7, 11) is 0. The van der Waals surface area contributed by atoms with Crippen molar-refractivity contribution in [3.05, 3.63) is 107 Å². The van der Waals surface area contributed by atoms with E-state index in [-0.39, 0.29) is 17.1 Å². The van der Waals surface area contributed by atoms with E-state index < -0.39 is 18.0 Å². The van der Waals surface area contributed by atoms with E-state index in [9.17, 15) is 14.7 Å². The molecule has 5 nitrogen and oxygen atoms in total. The van der Waals surface area contributed by atoms with Crippen molar-refractivity contribution in [2.24, 2.45) is 0 Å². The van der Waals surface area contributed by atoms with Crippen LogP contribution in [0, 0.1) is 6.92 Å². The number of nitrogens with one attached hydrogen (secondary N) is 1. The number of hydrogen-bond acceptors (Lipinski definition) is 3. The van der Waals surface area contributed by atoms with Crippen LogP contribution in [0.15, 0.2) is 84.1 Å². The minimum absolute atomic E-state index is 0.0963. The third-order valence-corrected chi connectivity index (χ3v) is 7.17. The number of carbonyl (C=O) groups excluding carboxylic acids is 2. The molecule has 0 bridgehead atoms. The highest BCUT2D eigenvalue weighted by Crippen LogP contribution is 2.45. The van der Waals surface area contributed by atoms with Crippen LogP contribution in [0.25, 0.3) is 22.0 Å². The van der Waals surface area contributed by atoms with Gasteiger partial charge in [0, 0.05) is 23.0 Å². The first-order chi connectivity index (χ1) is 16.5. The molecule has 5 heteroatoms. The van der Waals surface area contributed by atoms with Gasteiger partial charge in [-0.05, 0) is 47.7 Å². The van der Waals surface area contributed by atoms with Crippen LogP contribution in [0.5, 0.6) is 0 Å². The number of aliphatic hydroxyl groups excluding tert-OH is 1. The molecular weight excluding hydrogens is 424 g/mol. The fourth-order valence-corrected chi connectivity index (χ4v) is 5.57. The number of aromatic nitrogens is 1. The Bertz CT molecular complexity index is 1510. The van der Waals surface area contributed by atoms with E-state index >= 15 is 0 Å². The highest BCUT2D eigenvalue weighted by atomic mass is 16.3. The smallest absolute Gasteiger partial charge is 0.262 e. The first kappa shape index (κ1) is 20.5. The van der Waals surface area contributed by atoms with Gasteiger partial charge in [0.05, 0.1) is 6.04 Å². The lowest BCUT2D eigenvalue weighted by Crippen LogP contribution is -2.44. The predicted molar refractivity (Wildman–Crippen MR) is 131 cm³/mol. The van der Waals surface area contributed by atoms with Gasteiger partial charge >= 0.3 is 0 Å². The van der Waals surface area contributed by atoms with E-state index in [0.717, 1.165) is 38.9 Å². The van der Waals surface area contributed by atoms with Crippen molar-refractivity contribution in [1.29, 1.82) is 0 Å². The summed E-state index contributed by atoms with van der Waals surface area (Å²) in [5.74, 6) is -0.929. The number of ketones is 1. The Hall–Kier alpha value is -4.12. The lowest BCUT2D eigenvalue weighted by molar-refractivity contribution is -0.129. The maximum Gasteiger partial charge on any atom is 0.262 e. The minimum atomic E-state index is -0.627. The number of H-pyrrole nitrogens is 1. The second kappa shape index (κ2) is 7.45. The number of aromatic amines is 1. The van der Waals surface area contributed by atoms with Gasteiger partial charge in [-0.1, -0.05) is 66.7 Å². The number of carbonyl (C=O) groups is 2. The quantitative estimate of drug-likeness (QED) is 0.245. The van der Waals surface area contributed by atoms with Crippen LogP contribution < -0.4 is 0 Å². The third kappa shape index (κ3) is 2.86. The lowest BCUT2D eigenvalue weighted by atomic mass is 9.87. The van der Waals surface area contributed by atoms with E-state index in [1.165, 1.54) is 12.5 Å². The molecule has 1 amide bonds. The topological polar surface area (TPSA) is 73.4 Å². The lowest BCUT2D eigenvalue weighted by Gasteiger charge is -2.37. The van der Waals surface area contributed by atoms with Crippen LogP contribution in [0.2, 0.25) is 0 Å². The highest BCUT2D eigenvalue weighted by Gasteiger charge is 2.52. The molecule has 4 aromatic rings. The van der Waals surface area contributed by atoms with Gasteiger partial charge in [0.2, 0.25) is 0 Å². The van der Waals surface area contributed by atoms with Gasteiger partial charge in [-0.2, -0.15) is 0 Å². The molecule has 2 atom stereocenters. The number of nitrogens with zero attached hydrogens (tertiary/aromatic N) is 1. The maximum absolute atomic E-state index is 13.4. The van der Waals surface area contributed by atoms with Gasteiger partial charge in [0.1, 0.15) is 17.4 Å². The molecule has 0 spiro atoms.